The van der Waals surface area contributed by atoms with E-state index >= 15 is 0 Å². The van der Waals surface area contributed by atoms with Crippen molar-refractivity contribution in [1.29, 1.82) is 0 Å². The maximum absolute atomic E-state index is 12.4. The van der Waals surface area contributed by atoms with Gasteiger partial charge >= 0.3 is 18.0 Å². The summed E-state index contributed by atoms with van der Waals surface area (Å²) in [6, 6.07) is 0.268. The van der Waals surface area contributed by atoms with E-state index in [1.807, 2.05) is 11.8 Å². The number of nitrogens with one attached hydrogen (secondary N) is 2. The van der Waals surface area contributed by atoms with Gasteiger partial charge in [0.2, 0.25) is 11.8 Å². The zero-order chi connectivity index (χ0) is 40.3. The van der Waals surface area contributed by atoms with Crippen molar-refractivity contribution >= 4 is 41.5 Å². The molecule has 2 rings (SSSR count). The monoisotopic (exact) mass is 790 g/mol. The van der Waals surface area contributed by atoms with E-state index in [-0.39, 0.29) is 43.2 Å². The molecule has 2 aliphatic rings. The number of carbonyl (C=O) groups is 5. The first-order chi connectivity index (χ1) is 26.5. The van der Waals surface area contributed by atoms with E-state index in [9.17, 15) is 34.2 Å². The highest BCUT2D eigenvalue weighted by Crippen LogP contribution is 2.35. The van der Waals surface area contributed by atoms with E-state index in [0.29, 0.717) is 24.5 Å². The van der Waals surface area contributed by atoms with E-state index in [2.05, 4.69) is 41.2 Å². The van der Waals surface area contributed by atoms with Gasteiger partial charge in [0.15, 0.2) is 0 Å². The quantitative estimate of drug-likeness (QED) is 0.0291. The first-order valence-electron chi connectivity index (χ1n) is 20.4. The molecule has 2 fully saturated rings. The molecule has 13 nitrogen and oxygen atoms in total. The fourth-order valence-corrected chi connectivity index (χ4v) is 9.00. The Morgan fingerprint density at radius 3 is 1.93 bits per heavy atom. The van der Waals surface area contributed by atoms with Gasteiger partial charge in [0.05, 0.1) is 36.6 Å². The second-order valence-electron chi connectivity index (χ2n) is 14.9. The fourth-order valence-electron chi connectivity index (χ4n) is 7.45. The average Bonchev–Trinajstić information content (AvgIpc) is 3.69. The standard InChI is InChI=1S/C41H66N4O9S/c1-2-3-17-21-30(31(39(48)49)24-20-25-35-38-33(29-55-35)44-41(52)45-38)22-18-15-13-11-9-7-5-4-6-8-10-12-14-16-19-23-32(40(50)51)34(54-28-37(43)47)26-53-27-36(42)46/h30-35,38H,2-3,8-29H2,1H3,(H2,42,46)(H2,43,47)(H,48,49)(H,50,51)(H2,44,45,52)/t30?,31?,32?,33-,34?,35-,38-/m0/s1. The number of carbonyl (C=O) groups excluding carboxylic acids is 3. The predicted octanol–water partition coefficient (Wildman–Crippen LogP) is 5.37. The van der Waals surface area contributed by atoms with Gasteiger partial charge in [0.1, 0.15) is 13.2 Å². The molecule has 0 aromatic heterocycles. The van der Waals surface area contributed by atoms with Gasteiger partial charge in [-0.3, -0.25) is 19.2 Å². The van der Waals surface area contributed by atoms with E-state index in [1.165, 1.54) is 0 Å². The number of aliphatic carboxylic acids is 2. The van der Waals surface area contributed by atoms with E-state index in [0.717, 1.165) is 115 Å². The van der Waals surface area contributed by atoms with Crippen molar-refractivity contribution in [3.63, 3.8) is 0 Å². The molecule has 0 spiro atoms. The van der Waals surface area contributed by atoms with Crippen LogP contribution in [0.1, 0.15) is 135 Å². The number of hydrogen-bond donors (Lipinski definition) is 6. The highest BCUT2D eigenvalue weighted by Gasteiger charge is 2.42. The van der Waals surface area contributed by atoms with Crippen LogP contribution in [0.25, 0.3) is 0 Å². The van der Waals surface area contributed by atoms with Crippen LogP contribution in [0.15, 0.2) is 0 Å². The van der Waals surface area contributed by atoms with Gasteiger partial charge in [-0.1, -0.05) is 89.4 Å². The van der Waals surface area contributed by atoms with Crippen LogP contribution in [-0.2, 0) is 28.7 Å². The summed E-state index contributed by atoms with van der Waals surface area (Å²) in [5, 5.41) is 26.2. The Bertz CT molecular complexity index is 1310. The lowest BCUT2D eigenvalue weighted by Gasteiger charge is -2.25. The Kier molecular flexibility index (Phi) is 25.0. The maximum atomic E-state index is 12.4. The molecule has 0 aromatic rings. The van der Waals surface area contributed by atoms with Gasteiger partial charge in [-0.05, 0) is 62.7 Å². The summed E-state index contributed by atoms with van der Waals surface area (Å²) in [5.74, 6) is 8.91. The summed E-state index contributed by atoms with van der Waals surface area (Å²) in [7, 11) is 0. The molecule has 0 aliphatic carbocycles. The van der Waals surface area contributed by atoms with Crippen molar-refractivity contribution < 1.29 is 43.7 Å². The summed E-state index contributed by atoms with van der Waals surface area (Å²) < 4.78 is 10.5. The maximum Gasteiger partial charge on any atom is 0.315 e. The summed E-state index contributed by atoms with van der Waals surface area (Å²) in [4.78, 5) is 58.0. The van der Waals surface area contributed by atoms with Crippen LogP contribution in [0.4, 0.5) is 4.79 Å². The van der Waals surface area contributed by atoms with Gasteiger partial charge < -0.3 is 41.8 Å². The van der Waals surface area contributed by atoms with Gasteiger partial charge in [0, 0.05) is 23.8 Å². The molecule has 8 N–H and O–H groups in total. The van der Waals surface area contributed by atoms with E-state index in [1.54, 1.807) is 0 Å². The zero-order valence-electron chi connectivity index (χ0n) is 32.8. The summed E-state index contributed by atoms with van der Waals surface area (Å²) in [6.07, 6.45) is 17.2. The number of thioether (sulfide) groups is 1. The number of fused-ring (bicyclic) bond motifs is 1. The average molecular weight is 791 g/mol. The minimum atomic E-state index is -1.07. The Hall–Kier alpha value is -3.46. The number of urea groups is 1. The van der Waals surface area contributed by atoms with Crippen molar-refractivity contribution in [3.05, 3.63) is 0 Å². The van der Waals surface area contributed by atoms with Crippen molar-refractivity contribution in [2.45, 2.75) is 159 Å². The third-order valence-electron chi connectivity index (χ3n) is 10.4. The summed E-state index contributed by atoms with van der Waals surface area (Å²) in [6.45, 7) is 1.18. The molecular weight excluding hydrogens is 725 g/mol. The molecule has 4 amide bonds. The summed E-state index contributed by atoms with van der Waals surface area (Å²) in [5.41, 5.74) is 10.2. The minimum absolute atomic E-state index is 0.0846. The Morgan fingerprint density at radius 1 is 0.764 bits per heavy atom. The largest absolute Gasteiger partial charge is 0.481 e. The van der Waals surface area contributed by atoms with Gasteiger partial charge in [0.25, 0.3) is 0 Å². The molecule has 2 aliphatic heterocycles. The number of nitrogens with two attached hydrogens (primary N) is 2. The lowest BCUT2D eigenvalue weighted by atomic mass is 9.80. The molecule has 55 heavy (non-hydrogen) atoms. The molecule has 7 atom stereocenters. The Balaban J connectivity index is 1.59. The highest BCUT2D eigenvalue weighted by atomic mass is 32.2. The number of hydrogen-bond acceptors (Lipinski definition) is 8. The van der Waals surface area contributed by atoms with E-state index < -0.39 is 42.4 Å². The van der Waals surface area contributed by atoms with Crippen molar-refractivity contribution in [1.82, 2.24) is 10.6 Å². The molecule has 4 unspecified atom stereocenters. The molecule has 2 heterocycles. The van der Waals surface area contributed by atoms with Crippen LogP contribution in [0, 0.1) is 41.4 Å². The van der Waals surface area contributed by atoms with Crippen LogP contribution in [0.5, 0.6) is 0 Å². The molecule has 0 radical (unpaired) electrons. The van der Waals surface area contributed by atoms with Crippen LogP contribution in [-0.4, -0.2) is 89.0 Å². The van der Waals surface area contributed by atoms with Gasteiger partial charge in [-0.15, -0.1) is 0 Å². The van der Waals surface area contributed by atoms with E-state index in [4.69, 9.17) is 20.9 Å². The van der Waals surface area contributed by atoms with Crippen LogP contribution < -0.4 is 22.1 Å². The molecule has 0 saturated carbocycles. The number of amides is 4. The van der Waals surface area contributed by atoms with Crippen molar-refractivity contribution in [3.8, 4) is 23.7 Å². The first kappa shape index (κ1) is 47.7. The predicted molar refractivity (Wildman–Crippen MR) is 214 cm³/mol. The lowest BCUT2D eigenvalue weighted by molar-refractivity contribution is -0.153. The minimum Gasteiger partial charge on any atom is -0.481 e. The SMILES string of the molecule is CCCCCC(CCCCCCC#CC#CCCCCCCCC(C(=O)O)C(COCC(N)=O)OCC(N)=O)C(CCC[C@@H]1SC[C@@H]2NC(=O)N[C@@H]21)C(=O)O. The van der Waals surface area contributed by atoms with Crippen LogP contribution in [0.3, 0.4) is 0 Å². The van der Waals surface area contributed by atoms with Crippen molar-refractivity contribution in [2.75, 3.05) is 25.6 Å². The molecular formula is C41H66N4O9S. The number of primary amides is 2. The number of ether oxygens (including phenoxy) is 2. The molecule has 310 valence electrons. The second-order valence-corrected chi connectivity index (χ2v) is 16.1. The van der Waals surface area contributed by atoms with Gasteiger partial charge in [-0.25, -0.2) is 4.79 Å². The summed E-state index contributed by atoms with van der Waals surface area (Å²) >= 11 is 1.88. The van der Waals surface area contributed by atoms with Crippen LogP contribution in [0.2, 0.25) is 0 Å². The third-order valence-corrected chi connectivity index (χ3v) is 11.9. The number of unbranched alkanes of at least 4 members (excludes halogenated alkanes) is 11. The fraction of sp³-hybridized carbons (Fsp3) is 0.780. The molecule has 2 saturated heterocycles. The smallest absolute Gasteiger partial charge is 0.315 e. The topological polar surface area (TPSA) is 220 Å². The molecule has 14 heteroatoms. The number of carboxylic acid groups (broad SMARTS) is 2. The third kappa shape index (κ3) is 20.9. The molecule has 0 aromatic carbocycles. The highest BCUT2D eigenvalue weighted by molar-refractivity contribution is 8.00. The lowest BCUT2D eigenvalue weighted by Crippen LogP contribution is -2.37. The van der Waals surface area contributed by atoms with Crippen molar-refractivity contribution in [2.24, 2.45) is 29.2 Å². The normalized spacial score (nSPS) is 19.4. The number of rotatable bonds is 32. The zero-order valence-corrected chi connectivity index (χ0v) is 33.6. The van der Waals surface area contributed by atoms with Crippen LogP contribution >= 0.6 is 11.8 Å². The molecule has 0 bridgehead atoms. The second kappa shape index (κ2) is 28.9. The Morgan fingerprint density at radius 2 is 1.33 bits per heavy atom. The number of carboxylic acids is 2. The Labute approximate surface area is 332 Å². The van der Waals surface area contributed by atoms with Gasteiger partial charge in [-0.2, -0.15) is 11.8 Å². The first-order valence-corrected chi connectivity index (χ1v) is 21.4.